The van der Waals surface area contributed by atoms with Crippen molar-refractivity contribution in [2.24, 2.45) is 10.9 Å². The van der Waals surface area contributed by atoms with Crippen LogP contribution in [0.15, 0.2) is 72.0 Å². The molecule has 0 saturated carbocycles. The molecule has 27 heavy (non-hydrogen) atoms. The molecule has 4 nitrogen and oxygen atoms in total. The Balaban J connectivity index is 1.33. The van der Waals surface area contributed by atoms with Crippen LogP contribution in [0.3, 0.4) is 0 Å². The number of aliphatic imine (C=N–C) groups is 1. The van der Waals surface area contributed by atoms with Gasteiger partial charge in [-0.15, -0.1) is 0 Å². The van der Waals surface area contributed by atoms with Crippen LogP contribution < -0.4 is 4.74 Å². The summed E-state index contributed by atoms with van der Waals surface area (Å²) in [6.45, 7) is 0.601. The number of rotatable bonds is 5. The summed E-state index contributed by atoms with van der Waals surface area (Å²) in [5, 5.41) is 0. The largest absolute Gasteiger partial charge is 0.491 e. The maximum atomic E-state index is 6.13. The third-order valence-electron chi connectivity index (χ3n) is 5.77. The highest BCUT2D eigenvalue weighted by atomic mass is 16.5. The molecule has 0 N–H and O–H groups in total. The molecule has 0 saturated heterocycles. The molecular weight excluding hydrogens is 334 g/mol. The van der Waals surface area contributed by atoms with Crippen molar-refractivity contribution in [3.8, 4) is 5.75 Å². The molecule has 2 aromatic carbocycles. The van der Waals surface area contributed by atoms with E-state index in [1.165, 1.54) is 11.1 Å². The lowest BCUT2D eigenvalue weighted by Gasteiger charge is -2.31. The molecule has 1 aliphatic carbocycles. The molecule has 3 aromatic rings. The quantitative estimate of drug-likeness (QED) is 0.689. The molecule has 0 fully saturated rings. The van der Waals surface area contributed by atoms with Gasteiger partial charge in [0.05, 0.1) is 17.7 Å². The van der Waals surface area contributed by atoms with Crippen molar-refractivity contribution in [1.29, 1.82) is 0 Å². The number of allylic oxidation sites excluding steroid dienone is 1. The Morgan fingerprint density at radius 2 is 1.78 bits per heavy atom. The summed E-state index contributed by atoms with van der Waals surface area (Å²) < 4.78 is 6.13. The Kier molecular flexibility index (Phi) is 3.97. The van der Waals surface area contributed by atoms with Crippen LogP contribution in [0.1, 0.15) is 17.5 Å². The van der Waals surface area contributed by atoms with Crippen LogP contribution in [0.25, 0.3) is 11.0 Å². The number of hydrogen-bond acceptors (Lipinski definition) is 4. The van der Waals surface area contributed by atoms with E-state index in [4.69, 9.17) is 9.73 Å². The van der Waals surface area contributed by atoms with Gasteiger partial charge in [0, 0.05) is 25.0 Å². The Bertz CT molecular complexity index is 998. The summed E-state index contributed by atoms with van der Waals surface area (Å²) in [5.74, 6) is 1.28. The first kappa shape index (κ1) is 16.2. The van der Waals surface area contributed by atoms with Crippen molar-refractivity contribution in [3.63, 3.8) is 0 Å². The average Bonchev–Trinajstić information content (AvgIpc) is 3.36. The summed E-state index contributed by atoms with van der Waals surface area (Å²) in [7, 11) is 0. The fourth-order valence-electron chi connectivity index (χ4n) is 4.35. The monoisotopic (exact) mass is 355 g/mol. The smallest absolute Gasteiger partial charge is 0.147 e. The minimum Gasteiger partial charge on any atom is -0.491 e. The second-order valence-electron chi connectivity index (χ2n) is 7.28. The number of ether oxygens (including phenoxy) is 1. The summed E-state index contributed by atoms with van der Waals surface area (Å²) in [4.78, 5) is 13.7. The van der Waals surface area contributed by atoms with Gasteiger partial charge in [-0.2, -0.15) is 0 Å². The lowest BCUT2D eigenvalue weighted by Crippen LogP contribution is -2.35. The van der Waals surface area contributed by atoms with E-state index in [1.807, 2.05) is 24.4 Å². The molecule has 4 heteroatoms. The molecule has 0 amide bonds. The van der Waals surface area contributed by atoms with Crippen LogP contribution in [0.2, 0.25) is 0 Å². The van der Waals surface area contributed by atoms with Gasteiger partial charge in [-0.3, -0.25) is 9.98 Å². The summed E-state index contributed by atoms with van der Waals surface area (Å²) in [5.41, 5.74) is 4.42. The van der Waals surface area contributed by atoms with Crippen molar-refractivity contribution in [2.75, 3.05) is 6.61 Å². The Hall–Kier alpha value is -3.01. The van der Waals surface area contributed by atoms with Crippen molar-refractivity contribution in [2.45, 2.75) is 24.8 Å². The highest BCUT2D eigenvalue weighted by Gasteiger charge is 2.40. The summed E-state index contributed by atoms with van der Waals surface area (Å²) in [6, 6.07) is 14.6. The van der Waals surface area contributed by atoms with Gasteiger partial charge in [0.15, 0.2) is 0 Å². The Labute approximate surface area is 158 Å². The first-order valence-corrected chi connectivity index (χ1v) is 9.46. The van der Waals surface area contributed by atoms with Gasteiger partial charge in [0.2, 0.25) is 0 Å². The average molecular weight is 355 g/mol. The van der Waals surface area contributed by atoms with Crippen LogP contribution >= 0.6 is 0 Å². The van der Waals surface area contributed by atoms with E-state index in [0.29, 0.717) is 12.5 Å². The molecule has 0 radical (unpaired) electrons. The van der Waals surface area contributed by atoms with Gasteiger partial charge in [-0.1, -0.05) is 36.4 Å². The van der Waals surface area contributed by atoms with Crippen molar-refractivity contribution in [1.82, 2.24) is 9.97 Å². The third kappa shape index (κ3) is 2.91. The summed E-state index contributed by atoms with van der Waals surface area (Å²) >= 11 is 0. The lowest BCUT2D eigenvalue weighted by molar-refractivity contribution is 0.242. The van der Waals surface area contributed by atoms with Gasteiger partial charge in [0.25, 0.3) is 0 Å². The van der Waals surface area contributed by atoms with Crippen LogP contribution in [-0.2, 0) is 12.8 Å². The van der Waals surface area contributed by atoms with Crippen LogP contribution in [0, 0.1) is 5.92 Å². The van der Waals surface area contributed by atoms with E-state index in [0.717, 1.165) is 36.0 Å². The zero-order valence-electron chi connectivity index (χ0n) is 15.1. The molecular formula is C23H21N3O. The molecule has 134 valence electrons. The van der Waals surface area contributed by atoms with E-state index in [9.17, 15) is 0 Å². The van der Waals surface area contributed by atoms with Crippen LogP contribution in [0.5, 0.6) is 5.75 Å². The maximum Gasteiger partial charge on any atom is 0.147 e. The molecule has 0 bridgehead atoms. The fourth-order valence-corrected chi connectivity index (χ4v) is 4.35. The zero-order valence-corrected chi connectivity index (χ0v) is 15.1. The number of hydrogen-bond donors (Lipinski definition) is 0. The van der Waals surface area contributed by atoms with Crippen LogP contribution in [-0.4, -0.2) is 28.3 Å². The second-order valence-corrected chi connectivity index (χ2v) is 7.28. The highest BCUT2D eigenvalue weighted by Crippen LogP contribution is 2.40. The molecule has 1 unspecified atom stereocenters. The van der Waals surface area contributed by atoms with Gasteiger partial charge in [0.1, 0.15) is 11.3 Å². The molecule has 1 aliphatic heterocycles. The normalized spacial score (nSPS) is 21.0. The number of aromatic nitrogens is 2. The number of fused-ring (bicyclic) bond motifs is 2. The van der Waals surface area contributed by atoms with E-state index < -0.39 is 0 Å². The predicted octanol–water partition coefficient (Wildman–Crippen LogP) is 4.19. The van der Waals surface area contributed by atoms with Gasteiger partial charge < -0.3 is 4.74 Å². The Morgan fingerprint density at radius 3 is 2.56 bits per heavy atom. The minimum absolute atomic E-state index is 0.171. The number of nitrogens with zero attached hydrogens (tertiary/aromatic N) is 3. The summed E-state index contributed by atoms with van der Waals surface area (Å²) in [6.07, 6.45) is 12.7. The second kappa shape index (κ2) is 6.62. The molecule has 1 aromatic heterocycles. The standard InChI is InChI=1S/C23H21N3O/c1-2-6-18-16-19(15-17(18)5-1)23(9-4-11-26-23)10-14-27-21-8-3-7-20-22(21)25-13-12-24-20/h1-9,11-13,19H,10,14-16H2. The van der Waals surface area contributed by atoms with E-state index in [1.54, 1.807) is 12.4 Å². The zero-order chi connectivity index (χ0) is 18.1. The first-order valence-electron chi connectivity index (χ1n) is 9.46. The molecule has 2 heterocycles. The first-order chi connectivity index (χ1) is 13.3. The number of benzene rings is 2. The van der Waals surface area contributed by atoms with Gasteiger partial charge in [-0.25, -0.2) is 4.98 Å². The lowest BCUT2D eigenvalue weighted by atomic mass is 9.80. The van der Waals surface area contributed by atoms with E-state index in [2.05, 4.69) is 46.4 Å². The highest BCUT2D eigenvalue weighted by molar-refractivity contribution is 5.80. The molecule has 0 spiro atoms. The van der Waals surface area contributed by atoms with E-state index in [-0.39, 0.29) is 5.54 Å². The topological polar surface area (TPSA) is 47.4 Å². The maximum absolute atomic E-state index is 6.13. The fraction of sp³-hybridized carbons (Fsp3) is 0.261. The predicted molar refractivity (Wildman–Crippen MR) is 107 cm³/mol. The Morgan fingerprint density at radius 1 is 0.963 bits per heavy atom. The van der Waals surface area contributed by atoms with Crippen molar-refractivity contribution < 1.29 is 4.74 Å². The molecule has 2 aliphatic rings. The minimum atomic E-state index is -0.171. The van der Waals surface area contributed by atoms with Gasteiger partial charge in [-0.05, 0) is 48.1 Å². The van der Waals surface area contributed by atoms with E-state index >= 15 is 0 Å². The van der Waals surface area contributed by atoms with Crippen LogP contribution in [0.4, 0.5) is 0 Å². The van der Waals surface area contributed by atoms with Crippen molar-refractivity contribution in [3.05, 3.63) is 78.1 Å². The molecule has 5 rings (SSSR count). The third-order valence-corrected chi connectivity index (χ3v) is 5.77. The van der Waals surface area contributed by atoms with Gasteiger partial charge >= 0.3 is 0 Å². The van der Waals surface area contributed by atoms with Crippen molar-refractivity contribution >= 4 is 17.2 Å². The molecule has 1 atom stereocenters. The SMILES string of the molecule is C1=CC(CCOc2cccc3nccnc23)(C2Cc3ccccc3C2)N=C1. The number of para-hydroxylation sites is 1.